The smallest absolute Gasteiger partial charge is 0.251 e. The van der Waals surface area contributed by atoms with Gasteiger partial charge in [0.1, 0.15) is 5.82 Å². The summed E-state index contributed by atoms with van der Waals surface area (Å²) in [5.74, 6) is -0.515. The standard InChI is InChI=1S/C15H19BrFNO/c1-10-7-8-11(9-13(10)17)15(19)18-14-6-4-2-3-5-12(14)16/h7-9,12,14H,2-6H2,1H3,(H,18,19). The van der Waals surface area contributed by atoms with Crippen LogP contribution >= 0.6 is 15.9 Å². The van der Waals surface area contributed by atoms with E-state index >= 15 is 0 Å². The Morgan fingerprint density at radius 1 is 1.32 bits per heavy atom. The lowest BCUT2D eigenvalue weighted by molar-refractivity contribution is 0.0934. The molecule has 1 aliphatic rings. The van der Waals surface area contributed by atoms with Crippen LogP contribution in [0, 0.1) is 12.7 Å². The molecule has 2 unspecified atom stereocenters. The highest BCUT2D eigenvalue weighted by molar-refractivity contribution is 9.09. The van der Waals surface area contributed by atoms with Crippen molar-refractivity contribution in [1.29, 1.82) is 0 Å². The van der Waals surface area contributed by atoms with Crippen molar-refractivity contribution in [1.82, 2.24) is 5.32 Å². The van der Waals surface area contributed by atoms with E-state index in [0.29, 0.717) is 16.0 Å². The Kier molecular flexibility index (Phi) is 4.97. The fourth-order valence-corrected chi connectivity index (χ4v) is 3.13. The van der Waals surface area contributed by atoms with E-state index in [1.807, 2.05) is 0 Å². The molecule has 0 aliphatic heterocycles. The molecule has 1 fully saturated rings. The quantitative estimate of drug-likeness (QED) is 0.646. The summed E-state index contributed by atoms with van der Waals surface area (Å²) in [5, 5.41) is 3.02. The van der Waals surface area contributed by atoms with Crippen molar-refractivity contribution < 1.29 is 9.18 Å². The van der Waals surface area contributed by atoms with Crippen LogP contribution in [0.15, 0.2) is 18.2 Å². The second kappa shape index (κ2) is 6.51. The van der Waals surface area contributed by atoms with Crippen LogP contribution in [0.4, 0.5) is 4.39 Å². The van der Waals surface area contributed by atoms with Crippen molar-refractivity contribution in [2.75, 3.05) is 0 Å². The maximum absolute atomic E-state index is 13.5. The van der Waals surface area contributed by atoms with Crippen molar-refractivity contribution in [3.8, 4) is 0 Å². The fraction of sp³-hybridized carbons (Fsp3) is 0.533. The molecule has 0 aromatic heterocycles. The van der Waals surface area contributed by atoms with Crippen LogP contribution in [0.25, 0.3) is 0 Å². The highest BCUT2D eigenvalue weighted by atomic mass is 79.9. The normalized spacial score (nSPS) is 23.7. The van der Waals surface area contributed by atoms with E-state index in [9.17, 15) is 9.18 Å². The van der Waals surface area contributed by atoms with Gasteiger partial charge in [-0.3, -0.25) is 4.79 Å². The minimum Gasteiger partial charge on any atom is -0.348 e. The Morgan fingerprint density at radius 2 is 2.05 bits per heavy atom. The summed E-state index contributed by atoms with van der Waals surface area (Å²) in [5.41, 5.74) is 0.955. The first-order valence-electron chi connectivity index (χ1n) is 6.79. The number of hydrogen-bond donors (Lipinski definition) is 1. The summed E-state index contributed by atoms with van der Waals surface area (Å²) in [6, 6.07) is 4.76. The average Bonchev–Trinajstić information content (AvgIpc) is 2.58. The fourth-order valence-electron chi connectivity index (χ4n) is 2.41. The Hall–Kier alpha value is -0.900. The number of carbonyl (C=O) groups is 1. The molecule has 2 nitrogen and oxygen atoms in total. The third-order valence-electron chi connectivity index (χ3n) is 3.68. The van der Waals surface area contributed by atoms with Crippen LogP contribution in [0.3, 0.4) is 0 Å². The molecule has 0 spiro atoms. The molecular formula is C15H19BrFNO. The number of aryl methyl sites for hydroxylation is 1. The summed E-state index contributed by atoms with van der Waals surface area (Å²) in [7, 11) is 0. The third kappa shape index (κ3) is 3.78. The number of hydrogen-bond acceptors (Lipinski definition) is 1. The monoisotopic (exact) mass is 327 g/mol. The molecule has 19 heavy (non-hydrogen) atoms. The maximum Gasteiger partial charge on any atom is 0.251 e. The topological polar surface area (TPSA) is 29.1 Å². The molecule has 2 atom stereocenters. The van der Waals surface area contributed by atoms with Gasteiger partial charge in [-0.2, -0.15) is 0 Å². The summed E-state index contributed by atoms with van der Waals surface area (Å²) >= 11 is 3.64. The molecular weight excluding hydrogens is 309 g/mol. The molecule has 1 aromatic carbocycles. The predicted octanol–water partition coefficient (Wildman–Crippen LogP) is 3.96. The highest BCUT2D eigenvalue weighted by Gasteiger charge is 2.23. The summed E-state index contributed by atoms with van der Waals surface area (Å²) in [6.07, 6.45) is 5.60. The van der Waals surface area contributed by atoms with Gasteiger partial charge in [-0.15, -0.1) is 0 Å². The molecule has 4 heteroatoms. The lowest BCUT2D eigenvalue weighted by atomic mass is 10.1. The van der Waals surface area contributed by atoms with Crippen molar-refractivity contribution in [3.05, 3.63) is 35.1 Å². The van der Waals surface area contributed by atoms with E-state index in [4.69, 9.17) is 0 Å². The maximum atomic E-state index is 13.5. The van der Waals surface area contributed by atoms with E-state index in [-0.39, 0.29) is 17.8 Å². The zero-order chi connectivity index (χ0) is 13.8. The van der Waals surface area contributed by atoms with Gasteiger partial charge in [-0.1, -0.05) is 41.3 Å². The highest BCUT2D eigenvalue weighted by Crippen LogP contribution is 2.24. The van der Waals surface area contributed by atoms with Gasteiger partial charge in [0.15, 0.2) is 0 Å². The number of nitrogens with one attached hydrogen (secondary N) is 1. The summed E-state index contributed by atoms with van der Waals surface area (Å²) in [6.45, 7) is 1.69. The molecule has 0 saturated heterocycles. The Bertz CT molecular complexity index is 463. The van der Waals surface area contributed by atoms with E-state index in [1.165, 1.54) is 18.9 Å². The van der Waals surface area contributed by atoms with Gasteiger partial charge in [0.2, 0.25) is 0 Å². The molecule has 0 heterocycles. The number of rotatable bonds is 2. The van der Waals surface area contributed by atoms with Crippen molar-refractivity contribution >= 4 is 21.8 Å². The van der Waals surface area contributed by atoms with Gasteiger partial charge in [0.25, 0.3) is 5.91 Å². The molecule has 1 saturated carbocycles. The van der Waals surface area contributed by atoms with E-state index in [2.05, 4.69) is 21.2 Å². The number of carbonyl (C=O) groups excluding carboxylic acids is 1. The largest absolute Gasteiger partial charge is 0.348 e. The van der Waals surface area contributed by atoms with E-state index < -0.39 is 0 Å². The zero-order valence-electron chi connectivity index (χ0n) is 11.1. The molecule has 1 aromatic rings. The van der Waals surface area contributed by atoms with Crippen molar-refractivity contribution in [3.63, 3.8) is 0 Å². The minimum atomic E-state index is -0.330. The molecule has 1 N–H and O–H groups in total. The second-order valence-corrected chi connectivity index (χ2v) is 6.37. The second-order valence-electron chi connectivity index (χ2n) is 5.20. The first kappa shape index (κ1) is 14.5. The Balaban J connectivity index is 2.05. The van der Waals surface area contributed by atoms with Crippen molar-refractivity contribution in [2.24, 2.45) is 0 Å². The lowest BCUT2D eigenvalue weighted by Crippen LogP contribution is -2.40. The van der Waals surface area contributed by atoms with Gasteiger partial charge in [-0.25, -0.2) is 4.39 Å². The molecule has 2 rings (SSSR count). The first-order valence-corrected chi connectivity index (χ1v) is 7.70. The van der Waals surface area contributed by atoms with Crippen molar-refractivity contribution in [2.45, 2.75) is 49.9 Å². The van der Waals surface area contributed by atoms with Gasteiger partial charge >= 0.3 is 0 Å². The van der Waals surface area contributed by atoms with Crippen LogP contribution < -0.4 is 5.32 Å². The van der Waals surface area contributed by atoms with Gasteiger partial charge in [0, 0.05) is 16.4 Å². The average molecular weight is 328 g/mol. The molecule has 0 radical (unpaired) electrons. The predicted molar refractivity (Wildman–Crippen MR) is 78.2 cm³/mol. The van der Waals surface area contributed by atoms with Gasteiger partial charge in [0.05, 0.1) is 0 Å². The third-order valence-corrected chi connectivity index (χ3v) is 4.78. The van der Waals surface area contributed by atoms with E-state index in [0.717, 1.165) is 19.3 Å². The SMILES string of the molecule is Cc1ccc(C(=O)NC2CCCCCC2Br)cc1F. The van der Waals surface area contributed by atoms with Crippen LogP contribution in [-0.4, -0.2) is 16.8 Å². The number of benzene rings is 1. The van der Waals surface area contributed by atoms with E-state index in [1.54, 1.807) is 19.1 Å². The lowest BCUT2D eigenvalue weighted by Gasteiger charge is -2.21. The van der Waals surface area contributed by atoms with Crippen LogP contribution in [0.2, 0.25) is 0 Å². The number of alkyl halides is 1. The van der Waals surface area contributed by atoms with Crippen LogP contribution in [0.1, 0.15) is 48.0 Å². The summed E-state index contributed by atoms with van der Waals surface area (Å²) < 4.78 is 13.5. The first-order chi connectivity index (χ1) is 9.08. The van der Waals surface area contributed by atoms with Crippen LogP contribution in [0.5, 0.6) is 0 Å². The molecule has 1 aliphatic carbocycles. The number of amides is 1. The minimum absolute atomic E-state index is 0.138. The summed E-state index contributed by atoms with van der Waals surface area (Å²) in [4.78, 5) is 12.4. The molecule has 0 bridgehead atoms. The Labute approximate surface area is 121 Å². The van der Waals surface area contributed by atoms with Gasteiger partial charge < -0.3 is 5.32 Å². The number of halogens is 2. The Morgan fingerprint density at radius 3 is 2.79 bits per heavy atom. The molecule has 104 valence electrons. The van der Waals surface area contributed by atoms with Gasteiger partial charge in [-0.05, 0) is 37.5 Å². The van der Waals surface area contributed by atoms with Crippen LogP contribution in [-0.2, 0) is 0 Å². The zero-order valence-corrected chi connectivity index (χ0v) is 12.7. The molecule has 1 amide bonds.